The van der Waals surface area contributed by atoms with E-state index in [2.05, 4.69) is 5.32 Å². The second kappa shape index (κ2) is 7.18. The monoisotopic (exact) mass is 254 g/mol. The molecule has 0 aromatic carbocycles. The predicted molar refractivity (Wildman–Crippen MR) is 69.0 cm³/mol. The quantitative estimate of drug-likeness (QED) is 0.683. The van der Waals surface area contributed by atoms with Crippen LogP contribution in [0.15, 0.2) is 16.5 Å². The van der Waals surface area contributed by atoms with Crippen LogP contribution in [0, 0.1) is 5.92 Å². The first kappa shape index (κ1) is 14.7. The number of amides is 1. The Balaban J connectivity index is 2.45. The van der Waals surface area contributed by atoms with E-state index in [1.165, 1.54) is 0 Å². The summed E-state index contributed by atoms with van der Waals surface area (Å²) < 4.78 is 5.22. The summed E-state index contributed by atoms with van der Waals surface area (Å²) in [6.45, 7) is 4.56. The van der Waals surface area contributed by atoms with Crippen LogP contribution < -0.4 is 11.1 Å². The van der Waals surface area contributed by atoms with Gasteiger partial charge < -0.3 is 20.6 Å². The van der Waals surface area contributed by atoms with Gasteiger partial charge in [0.2, 0.25) is 0 Å². The Bertz CT molecular complexity index is 372. The van der Waals surface area contributed by atoms with Crippen LogP contribution in [0.3, 0.4) is 0 Å². The largest absolute Gasteiger partial charge is 0.455 e. The number of aliphatic hydroxyl groups is 1. The third-order valence-electron chi connectivity index (χ3n) is 3.15. The Hall–Kier alpha value is -1.33. The van der Waals surface area contributed by atoms with Crippen LogP contribution in [0.4, 0.5) is 0 Å². The van der Waals surface area contributed by atoms with Crippen LogP contribution in [0.2, 0.25) is 0 Å². The van der Waals surface area contributed by atoms with Gasteiger partial charge in [0.25, 0.3) is 5.91 Å². The van der Waals surface area contributed by atoms with Crippen molar-refractivity contribution in [3.8, 4) is 0 Å². The Kier molecular flexibility index (Phi) is 5.88. The first-order valence-electron chi connectivity index (χ1n) is 6.37. The summed E-state index contributed by atoms with van der Waals surface area (Å²) in [5.41, 5.74) is 5.40. The van der Waals surface area contributed by atoms with Crippen molar-refractivity contribution >= 4 is 5.91 Å². The average molecular weight is 254 g/mol. The number of carbonyl (C=O) groups is 1. The minimum Gasteiger partial charge on any atom is -0.455 e. The normalized spacial score (nSPS) is 12.7. The van der Waals surface area contributed by atoms with Crippen molar-refractivity contribution < 1.29 is 14.3 Å². The molecule has 0 aliphatic carbocycles. The van der Waals surface area contributed by atoms with E-state index in [0.717, 1.165) is 12.8 Å². The van der Waals surface area contributed by atoms with E-state index in [1.807, 2.05) is 13.8 Å². The smallest absolute Gasteiger partial charge is 0.287 e. The van der Waals surface area contributed by atoms with Crippen LogP contribution in [-0.2, 0) is 6.54 Å². The highest BCUT2D eigenvalue weighted by Crippen LogP contribution is 2.12. The van der Waals surface area contributed by atoms with Crippen LogP contribution >= 0.6 is 0 Å². The molecule has 102 valence electrons. The number of aliphatic hydroxyl groups excluding tert-OH is 1. The molecule has 1 aromatic rings. The SMILES string of the molecule is CCC(CC)C(O)CNC(=O)c1ccc(CN)o1. The molecule has 0 bridgehead atoms. The Morgan fingerprint density at radius 1 is 1.44 bits per heavy atom. The van der Waals surface area contributed by atoms with Crippen molar-refractivity contribution in [2.75, 3.05) is 6.54 Å². The second-order valence-corrected chi connectivity index (χ2v) is 4.32. The molecular weight excluding hydrogens is 232 g/mol. The van der Waals surface area contributed by atoms with Crippen molar-refractivity contribution in [3.63, 3.8) is 0 Å². The van der Waals surface area contributed by atoms with E-state index >= 15 is 0 Å². The highest BCUT2D eigenvalue weighted by atomic mass is 16.4. The molecule has 0 radical (unpaired) electrons. The van der Waals surface area contributed by atoms with E-state index in [-0.39, 0.29) is 30.7 Å². The van der Waals surface area contributed by atoms with E-state index < -0.39 is 6.10 Å². The molecule has 1 aromatic heterocycles. The van der Waals surface area contributed by atoms with E-state index in [4.69, 9.17) is 10.2 Å². The molecule has 1 atom stereocenters. The first-order valence-corrected chi connectivity index (χ1v) is 6.37. The van der Waals surface area contributed by atoms with Crippen LogP contribution in [0.5, 0.6) is 0 Å². The molecule has 0 saturated carbocycles. The maximum Gasteiger partial charge on any atom is 0.287 e. The van der Waals surface area contributed by atoms with E-state index in [1.54, 1.807) is 12.1 Å². The van der Waals surface area contributed by atoms with E-state index in [0.29, 0.717) is 5.76 Å². The van der Waals surface area contributed by atoms with Gasteiger partial charge in [-0.05, 0) is 18.1 Å². The minimum atomic E-state index is -0.520. The summed E-state index contributed by atoms with van der Waals surface area (Å²) in [5, 5.41) is 12.6. The molecule has 1 unspecified atom stereocenters. The molecule has 1 heterocycles. The molecule has 0 fully saturated rings. The lowest BCUT2D eigenvalue weighted by Crippen LogP contribution is -2.35. The fourth-order valence-electron chi connectivity index (χ4n) is 1.89. The molecule has 5 heteroatoms. The number of hydrogen-bond donors (Lipinski definition) is 3. The number of carbonyl (C=O) groups excluding carboxylic acids is 1. The summed E-state index contributed by atoms with van der Waals surface area (Å²) >= 11 is 0. The number of hydrogen-bond acceptors (Lipinski definition) is 4. The van der Waals surface area contributed by atoms with Gasteiger partial charge in [-0.1, -0.05) is 26.7 Å². The number of nitrogens with one attached hydrogen (secondary N) is 1. The number of rotatable bonds is 7. The third kappa shape index (κ3) is 3.85. The highest BCUT2D eigenvalue weighted by molar-refractivity contribution is 5.91. The molecule has 5 nitrogen and oxygen atoms in total. The minimum absolute atomic E-state index is 0.210. The summed E-state index contributed by atoms with van der Waals surface area (Å²) in [6, 6.07) is 3.26. The summed E-state index contributed by atoms with van der Waals surface area (Å²) in [6.07, 6.45) is 1.27. The Morgan fingerprint density at radius 2 is 2.11 bits per heavy atom. The topological polar surface area (TPSA) is 88.5 Å². The standard InChI is InChI=1S/C13H22N2O3/c1-3-9(4-2)11(16)8-15-13(17)12-6-5-10(7-14)18-12/h5-6,9,11,16H,3-4,7-8,14H2,1-2H3,(H,15,17). The fourth-order valence-corrected chi connectivity index (χ4v) is 1.89. The van der Waals surface area contributed by atoms with Crippen LogP contribution in [0.1, 0.15) is 43.0 Å². The van der Waals surface area contributed by atoms with Gasteiger partial charge in [-0.25, -0.2) is 0 Å². The zero-order valence-corrected chi connectivity index (χ0v) is 11.0. The summed E-state index contributed by atoms with van der Waals surface area (Å²) in [7, 11) is 0. The second-order valence-electron chi connectivity index (χ2n) is 4.32. The molecule has 0 aliphatic rings. The average Bonchev–Trinajstić information content (AvgIpc) is 2.86. The molecule has 0 saturated heterocycles. The lowest BCUT2D eigenvalue weighted by Gasteiger charge is -2.19. The fraction of sp³-hybridized carbons (Fsp3) is 0.615. The van der Waals surface area contributed by atoms with Gasteiger partial charge in [0.05, 0.1) is 12.6 Å². The Morgan fingerprint density at radius 3 is 2.61 bits per heavy atom. The molecule has 0 aliphatic heterocycles. The van der Waals surface area contributed by atoms with Crippen LogP contribution in [0.25, 0.3) is 0 Å². The van der Waals surface area contributed by atoms with Gasteiger partial charge in [-0.3, -0.25) is 4.79 Å². The van der Waals surface area contributed by atoms with E-state index in [9.17, 15) is 9.90 Å². The number of nitrogens with two attached hydrogens (primary N) is 1. The summed E-state index contributed by atoms with van der Waals surface area (Å²) in [4.78, 5) is 11.7. The molecule has 1 rings (SSSR count). The van der Waals surface area contributed by atoms with Crippen molar-refractivity contribution in [1.82, 2.24) is 5.32 Å². The maximum absolute atomic E-state index is 11.7. The lowest BCUT2D eigenvalue weighted by atomic mass is 9.96. The molecule has 18 heavy (non-hydrogen) atoms. The molecule has 1 amide bonds. The zero-order chi connectivity index (χ0) is 13.5. The molecular formula is C13H22N2O3. The van der Waals surface area contributed by atoms with Gasteiger partial charge in [-0.15, -0.1) is 0 Å². The molecule has 4 N–H and O–H groups in total. The lowest BCUT2D eigenvalue weighted by molar-refractivity contribution is 0.0795. The van der Waals surface area contributed by atoms with Gasteiger partial charge in [0, 0.05) is 6.54 Å². The number of furan rings is 1. The predicted octanol–water partition coefficient (Wildman–Crippen LogP) is 1.27. The van der Waals surface area contributed by atoms with Crippen LogP contribution in [-0.4, -0.2) is 23.7 Å². The summed E-state index contributed by atoms with van der Waals surface area (Å²) in [5.74, 6) is 0.689. The van der Waals surface area contributed by atoms with Gasteiger partial charge in [-0.2, -0.15) is 0 Å². The Labute approximate surface area is 107 Å². The van der Waals surface area contributed by atoms with Gasteiger partial charge >= 0.3 is 0 Å². The van der Waals surface area contributed by atoms with Gasteiger partial charge in [0.1, 0.15) is 5.76 Å². The van der Waals surface area contributed by atoms with Crippen molar-refractivity contribution in [2.45, 2.75) is 39.3 Å². The first-order chi connectivity index (χ1) is 8.62. The van der Waals surface area contributed by atoms with Crippen molar-refractivity contribution in [1.29, 1.82) is 0 Å². The zero-order valence-electron chi connectivity index (χ0n) is 11.0. The van der Waals surface area contributed by atoms with Crippen molar-refractivity contribution in [3.05, 3.63) is 23.7 Å². The highest BCUT2D eigenvalue weighted by Gasteiger charge is 2.17. The third-order valence-corrected chi connectivity index (χ3v) is 3.15. The maximum atomic E-state index is 11.7. The van der Waals surface area contributed by atoms with Crippen molar-refractivity contribution in [2.24, 2.45) is 11.7 Å². The van der Waals surface area contributed by atoms with Gasteiger partial charge in [0.15, 0.2) is 5.76 Å². The molecule has 0 spiro atoms.